The summed E-state index contributed by atoms with van der Waals surface area (Å²) in [7, 11) is 1.38. The third-order valence-corrected chi connectivity index (χ3v) is 10.8. The van der Waals surface area contributed by atoms with E-state index in [9.17, 15) is 34.5 Å². The average molecular weight is 709 g/mol. The monoisotopic (exact) mass is 708 g/mol. The molecule has 0 radical (unpaired) electrons. The van der Waals surface area contributed by atoms with Gasteiger partial charge in [-0.1, -0.05) is 6.07 Å². The van der Waals surface area contributed by atoms with Gasteiger partial charge in [-0.25, -0.2) is 0 Å². The SMILES string of the molecule is COc1cc2c(c3c1C[C@@](C)(O)CC3=O)C(=O)c1ccc(C3CC(O)C(OC4CCC(OC5CCC(=O)C(C)O5)C(C)O4)C(C)O3)c(O)c1C2=O. The Balaban J connectivity index is 1.05. The van der Waals surface area contributed by atoms with E-state index in [1.54, 1.807) is 13.8 Å². The van der Waals surface area contributed by atoms with Crippen LogP contribution in [0.25, 0.3) is 0 Å². The zero-order chi connectivity index (χ0) is 36.5. The fourth-order valence-corrected chi connectivity index (χ4v) is 8.19. The Morgan fingerprint density at radius 2 is 1.57 bits per heavy atom. The van der Waals surface area contributed by atoms with Crippen molar-refractivity contribution in [1.82, 2.24) is 0 Å². The maximum absolute atomic E-state index is 14.0. The fraction of sp³-hybridized carbons (Fsp3) is 0.579. The molecule has 3 heterocycles. The number of aliphatic hydroxyl groups excluding tert-OH is 1. The number of aromatic hydroxyl groups is 1. The number of carbonyl (C=O) groups is 4. The van der Waals surface area contributed by atoms with Crippen LogP contribution >= 0.6 is 0 Å². The second-order valence-electron chi connectivity index (χ2n) is 14.7. The van der Waals surface area contributed by atoms with Crippen LogP contribution in [-0.4, -0.2) is 100 Å². The quantitative estimate of drug-likeness (QED) is 0.338. The molecule has 9 unspecified atom stereocenters. The molecule has 2 aliphatic carbocycles. The second kappa shape index (κ2) is 13.4. The van der Waals surface area contributed by atoms with Gasteiger partial charge in [-0.05, 0) is 46.2 Å². The molecule has 274 valence electrons. The molecule has 7 rings (SSSR count). The molecule has 3 N–H and O–H groups in total. The molecule has 0 aromatic heterocycles. The van der Waals surface area contributed by atoms with Crippen molar-refractivity contribution in [2.24, 2.45) is 0 Å². The van der Waals surface area contributed by atoms with E-state index in [2.05, 4.69) is 0 Å². The van der Waals surface area contributed by atoms with Crippen LogP contribution in [0.3, 0.4) is 0 Å². The topological polar surface area (TPSA) is 184 Å². The highest BCUT2D eigenvalue weighted by Gasteiger charge is 2.45. The number of ether oxygens (including phenoxy) is 6. The lowest BCUT2D eigenvalue weighted by atomic mass is 9.72. The van der Waals surface area contributed by atoms with Crippen LogP contribution in [0.5, 0.6) is 11.5 Å². The molecular weight excluding hydrogens is 664 g/mol. The van der Waals surface area contributed by atoms with E-state index in [4.69, 9.17) is 28.4 Å². The van der Waals surface area contributed by atoms with Crippen LogP contribution in [-0.2, 0) is 34.9 Å². The van der Waals surface area contributed by atoms with Gasteiger partial charge < -0.3 is 43.7 Å². The predicted molar refractivity (Wildman–Crippen MR) is 177 cm³/mol. The Morgan fingerprint density at radius 3 is 2.25 bits per heavy atom. The van der Waals surface area contributed by atoms with Crippen molar-refractivity contribution >= 4 is 23.1 Å². The Bertz CT molecular complexity index is 1770. The van der Waals surface area contributed by atoms with Gasteiger partial charge >= 0.3 is 0 Å². The van der Waals surface area contributed by atoms with Gasteiger partial charge in [-0.2, -0.15) is 0 Å². The van der Waals surface area contributed by atoms with E-state index in [-0.39, 0.29) is 76.4 Å². The van der Waals surface area contributed by atoms with Crippen molar-refractivity contribution in [2.75, 3.05) is 7.11 Å². The first-order chi connectivity index (χ1) is 24.2. The number of benzene rings is 2. The van der Waals surface area contributed by atoms with Gasteiger partial charge in [-0.15, -0.1) is 0 Å². The highest BCUT2D eigenvalue weighted by molar-refractivity contribution is 6.32. The molecule has 0 saturated carbocycles. The van der Waals surface area contributed by atoms with Gasteiger partial charge in [0.15, 0.2) is 35.7 Å². The molecule has 0 bridgehead atoms. The number of carbonyl (C=O) groups excluding carboxylic acids is 4. The first kappa shape index (κ1) is 35.8. The predicted octanol–water partition coefficient (Wildman–Crippen LogP) is 3.66. The number of hydrogen-bond acceptors (Lipinski definition) is 13. The van der Waals surface area contributed by atoms with Gasteiger partial charge in [-0.3, -0.25) is 19.2 Å². The Labute approximate surface area is 295 Å². The summed E-state index contributed by atoms with van der Waals surface area (Å²) >= 11 is 0. The molecule has 13 nitrogen and oxygen atoms in total. The number of methoxy groups -OCH3 is 1. The summed E-state index contributed by atoms with van der Waals surface area (Å²) in [5, 5.41) is 33.5. The van der Waals surface area contributed by atoms with Crippen LogP contribution in [0.15, 0.2) is 18.2 Å². The molecule has 0 amide bonds. The van der Waals surface area contributed by atoms with E-state index in [1.165, 1.54) is 32.2 Å². The summed E-state index contributed by atoms with van der Waals surface area (Å²) in [6, 6.07) is 4.32. The normalized spacial score (nSPS) is 35.2. The summed E-state index contributed by atoms with van der Waals surface area (Å²) < 4.78 is 35.9. The third-order valence-electron chi connectivity index (χ3n) is 10.8. The summed E-state index contributed by atoms with van der Waals surface area (Å²) in [6.45, 7) is 6.87. The summed E-state index contributed by atoms with van der Waals surface area (Å²) in [4.78, 5) is 53.0. The van der Waals surface area contributed by atoms with Gasteiger partial charge in [0.05, 0.1) is 48.8 Å². The van der Waals surface area contributed by atoms with E-state index in [0.29, 0.717) is 31.2 Å². The van der Waals surface area contributed by atoms with Crippen molar-refractivity contribution in [2.45, 2.75) is 134 Å². The fourth-order valence-electron chi connectivity index (χ4n) is 8.19. The maximum Gasteiger partial charge on any atom is 0.198 e. The number of aliphatic hydroxyl groups is 2. The largest absolute Gasteiger partial charge is 0.507 e. The summed E-state index contributed by atoms with van der Waals surface area (Å²) in [6.07, 6.45) is -3.54. The number of phenols is 1. The molecule has 3 aliphatic heterocycles. The number of fused-ring (bicyclic) bond motifs is 4. The Kier molecular flexibility index (Phi) is 9.45. The van der Waals surface area contributed by atoms with Gasteiger partial charge in [0.1, 0.15) is 23.7 Å². The molecule has 51 heavy (non-hydrogen) atoms. The lowest BCUT2D eigenvalue weighted by molar-refractivity contribution is -0.298. The first-order valence-electron chi connectivity index (χ1n) is 17.6. The standard InChI is InChI=1S/C38H44O13/c1-16-23(39)8-10-29(48-16)50-26-9-11-30(49-17(26)2)51-37-18(3)47-28(13-24(37)40)19-6-7-20-33(34(19)42)36(44)21-12-27(46-5)22-14-38(4,45)15-25(41)31(22)32(21)35(20)43/h6-7,12,16-18,24,26,28-30,37,40,42,45H,8-11,13-15H2,1-5H3/t16?,17?,18?,24?,26?,28?,29?,30?,37?,38-/m1/s1. The Morgan fingerprint density at radius 1 is 0.843 bits per heavy atom. The van der Waals surface area contributed by atoms with Crippen LogP contribution in [0.2, 0.25) is 0 Å². The van der Waals surface area contributed by atoms with E-state index in [1.807, 2.05) is 6.92 Å². The van der Waals surface area contributed by atoms with E-state index >= 15 is 0 Å². The number of hydrogen-bond donors (Lipinski definition) is 3. The lowest BCUT2D eigenvalue weighted by Gasteiger charge is -2.42. The molecule has 3 fully saturated rings. The number of ketones is 4. The number of Topliss-reactive ketones (excluding diaryl/α,β-unsaturated/α-hetero) is 2. The first-order valence-corrected chi connectivity index (χ1v) is 17.6. The van der Waals surface area contributed by atoms with Crippen molar-refractivity contribution < 1.29 is 62.9 Å². The minimum absolute atomic E-state index is 0.0276. The maximum atomic E-state index is 14.0. The molecule has 0 spiro atoms. The highest BCUT2D eigenvalue weighted by Crippen LogP contribution is 2.46. The second-order valence-corrected chi connectivity index (χ2v) is 14.7. The number of rotatable bonds is 6. The van der Waals surface area contributed by atoms with Gasteiger partial charge in [0.2, 0.25) is 0 Å². The molecule has 3 saturated heterocycles. The van der Waals surface area contributed by atoms with Crippen molar-refractivity contribution in [1.29, 1.82) is 0 Å². The van der Waals surface area contributed by atoms with Crippen molar-refractivity contribution in [3.05, 3.63) is 57.1 Å². The zero-order valence-electron chi connectivity index (χ0n) is 29.3. The molecule has 2 aromatic carbocycles. The molecule has 5 aliphatic rings. The third kappa shape index (κ3) is 6.43. The summed E-state index contributed by atoms with van der Waals surface area (Å²) in [5.74, 6) is -1.90. The summed E-state index contributed by atoms with van der Waals surface area (Å²) in [5.41, 5.74) is -1.08. The van der Waals surface area contributed by atoms with Crippen LogP contribution in [0, 0.1) is 0 Å². The van der Waals surface area contributed by atoms with Gasteiger partial charge in [0.25, 0.3) is 0 Å². The molecular formula is C38H44O13. The average Bonchev–Trinajstić information content (AvgIpc) is 3.06. The highest BCUT2D eigenvalue weighted by atomic mass is 16.7. The zero-order valence-corrected chi connectivity index (χ0v) is 29.3. The van der Waals surface area contributed by atoms with Crippen LogP contribution in [0.4, 0.5) is 0 Å². The van der Waals surface area contributed by atoms with Crippen molar-refractivity contribution in [3.8, 4) is 11.5 Å². The van der Waals surface area contributed by atoms with E-state index < -0.39 is 71.8 Å². The van der Waals surface area contributed by atoms with Gasteiger partial charge in [0, 0.05) is 71.9 Å². The van der Waals surface area contributed by atoms with E-state index in [0.717, 1.165) is 0 Å². The smallest absolute Gasteiger partial charge is 0.198 e. The van der Waals surface area contributed by atoms with Crippen molar-refractivity contribution in [3.63, 3.8) is 0 Å². The molecule has 13 heteroatoms. The van der Waals surface area contributed by atoms with Crippen LogP contribution < -0.4 is 4.74 Å². The lowest BCUT2D eigenvalue weighted by Crippen LogP contribution is -2.50. The number of phenolic OH excluding ortho intramolecular Hbond substituents is 1. The minimum Gasteiger partial charge on any atom is -0.507 e. The Hall–Kier alpha value is -3.56. The molecule has 10 atom stereocenters. The molecule has 2 aromatic rings. The minimum atomic E-state index is -1.34. The van der Waals surface area contributed by atoms with Crippen LogP contribution in [0.1, 0.15) is 126 Å².